The van der Waals surface area contributed by atoms with Crippen LogP contribution in [0.2, 0.25) is 0 Å². The van der Waals surface area contributed by atoms with E-state index >= 15 is 0 Å². The van der Waals surface area contributed by atoms with Gasteiger partial charge in [0.2, 0.25) is 0 Å². The van der Waals surface area contributed by atoms with E-state index in [1.54, 1.807) is 0 Å². The fourth-order valence-corrected chi connectivity index (χ4v) is 26.2. The molecule has 0 N–H and O–H groups in total. The fourth-order valence-electron chi connectivity index (χ4n) is 26.2. The second kappa shape index (κ2) is 33.6. The first kappa shape index (κ1) is 84.4. The zero-order chi connectivity index (χ0) is 96.4. The maximum absolute atomic E-state index is 2.53. The standard InChI is InChI=1S/C53H32.C50H32.C43H30/c1-2-14-37-33(13-1)25-26-34-27-28-35(31-46(34)37)51-42-18-3-5-20-44(42)52(45-21-6-4-19-43(45)51)36-29-30-41-40-17-9-12-24-49(40)53(50(41)32-36)47-22-10-7-15-38(47)39-16-8-11-23-48(39)53;1-3-16-34(17-4-1)49-40-22-10-9-21-39(40)46-32-38(29-30-45(46)50(49)35-18-5-2-6-19-35)48-43-25-13-11-23-41(43)47(42-24-12-14-26-44(42)48)37-28-27-33-15-7-8-20-36(33)31-37;1-43(2)39-18-10-9-13-32(39)33-24-23-30(26-40(33)43)42-36-16-7-5-14-34(36)41(35-15-6-8-17-37(35)42)29-22-21-28-20-19-27-11-3-4-12-31(27)38(28)25-29/h1-32H;1-32H;3-26H,1-2H3. The lowest BCUT2D eigenvalue weighted by Gasteiger charge is -2.30. The molecule has 0 unspecified atom stereocenters. The summed E-state index contributed by atoms with van der Waals surface area (Å²) in [6.07, 6.45) is 0. The number of benzene rings is 28. The molecular formula is C146H94. The minimum atomic E-state index is -0.380. The quantitative estimate of drug-likeness (QED) is 0.105. The second-order valence-electron chi connectivity index (χ2n) is 40.4. The molecule has 28 aromatic carbocycles. The van der Waals surface area contributed by atoms with Crippen LogP contribution in [0.15, 0.2) is 534 Å². The van der Waals surface area contributed by atoms with Crippen molar-refractivity contribution in [2.24, 2.45) is 0 Å². The molecule has 0 amide bonds. The number of fused-ring (bicyclic) bond motifs is 29. The van der Waals surface area contributed by atoms with Crippen molar-refractivity contribution >= 4 is 140 Å². The molecular weight excluding hydrogens is 1750 g/mol. The fraction of sp³-hybridized carbons (Fsp3) is 0.0274. The lowest BCUT2D eigenvalue weighted by Crippen LogP contribution is -2.25. The third-order valence-corrected chi connectivity index (χ3v) is 32.5. The normalized spacial score (nSPS) is 12.8. The molecule has 31 rings (SSSR count). The number of rotatable bonds is 8. The Morgan fingerprint density at radius 2 is 0.336 bits per heavy atom. The van der Waals surface area contributed by atoms with Gasteiger partial charge in [-0.05, 0) is 332 Å². The molecule has 0 heteroatoms. The maximum Gasteiger partial charge on any atom is 0.0725 e. The molecule has 28 aromatic rings. The van der Waals surface area contributed by atoms with E-state index in [2.05, 4.69) is 548 Å². The minimum absolute atomic E-state index is 0.0403. The Morgan fingerprint density at radius 3 is 0.719 bits per heavy atom. The van der Waals surface area contributed by atoms with E-state index < -0.39 is 0 Å². The molecule has 0 heterocycles. The van der Waals surface area contributed by atoms with Gasteiger partial charge in [-0.25, -0.2) is 0 Å². The summed E-state index contributed by atoms with van der Waals surface area (Å²) in [4.78, 5) is 0. The summed E-state index contributed by atoms with van der Waals surface area (Å²) in [6.45, 7) is 4.73. The topological polar surface area (TPSA) is 0 Å². The molecule has 0 aromatic heterocycles. The summed E-state index contributed by atoms with van der Waals surface area (Å²) >= 11 is 0. The molecule has 0 saturated carbocycles. The molecule has 0 radical (unpaired) electrons. The summed E-state index contributed by atoms with van der Waals surface area (Å²) in [5, 5.41) is 33.2. The van der Waals surface area contributed by atoms with Crippen molar-refractivity contribution in [3.05, 3.63) is 567 Å². The van der Waals surface area contributed by atoms with Crippen LogP contribution >= 0.6 is 0 Å². The van der Waals surface area contributed by atoms with Crippen molar-refractivity contribution in [3.8, 4) is 122 Å². The van der Waals surface area contributed by atoms with Gasteiger partial charge in [-0.3, -0.25) is 0 Å². The molecule has 0 aliphatic heterocycles. The molecule has 146 heavy (non-hydrogen) atoms. The largest absolute Gasteiger partial charge is 0.0725 e. The van der Waals surface area contributed by atoms with E-state index in [0.717, 1.165) is 0 Å². The Kier molecular flexibility index (Phi) is 19.4. The molecule has 0 atom stereocenters. The van der Waals surface area contributed by atoms with Gasteiger partial charge in [0.1, 0.15) is 0 Å². The summed E-state index contributed by atoms with van der Waals surface area (Å²) in [5.74, 6) is 0. The van der Waals surface area contributed by atoms with Gasteiger partial charge in [0.05, 0.1) is 5.41 Å². The second-order valence-corrected chi connectivity index (χ2v) is 40.4. The molecule has 678 valence electrons. The average Bonchev–Trinajstić information content (AvgIpc) is 1.50. The van der Waals surface area contributed by atoms with Crippen molar-refractivity contribution in [2.75, 3.05) is 0 Å². The van der Waals surface area contributed by atoms with E-state index in [0.29, 0.717) is 0 Å². The average molecular weight is 1850 g/mol. The van der Waals surface area contributed by atoms with Gasteiger partial charge in [-0.15, -0.1) is 0 Å². The molecule has 3 aliphatic carbocycles. The van der Waals surface area contributed by atoms with Crippen molar-refractivity contribution in [1.82, 2.24) is 0 Å². The highest BCUT2D eigenvalue weighted by Crippen LogP contribution is 2.64. The highest BCUT2D eigenvalue weighted by atomic mass is 14.5. The lowest BCUT2D eigenvalue weighted by atomic mass is 9.70. The molecule has 0 bridgehead atoms. The summed E-state index contributed by atoms with van der Waals surface area (Å²) < 4.78 is 0. The third kappa shape index (κ3) is 13.0. The summed E-state index contributed by atoms with van der Waals surface area (Å²) in [6, 6.07) is 198. The SMILES string of the molecule is CC1(C)c2ccccc2-c2ccc(-c3c4ccccc4c(-c4ccc5ccc6ccccc6c5c4)c4ccccc34)cc21.c1ccc(-c2c(-c3ccccc3)c3ccc(-c4c5ccccc5c(-c5ccc6ccccc6c5)c5ccccc45)cc3c3ccccc23)cc1.c1ccc2c(c1)-c1ccccc1C21c2ccccc2-c2ccc(-c3c4ccccc4c(-c4ccc5ccc6ccccc6c5c4)c4ccccc34)cc21. The van der Waals surface area contributed by atoms with Crippen molar-refractivity contribution in [2.45, 2.75) is 24.7 Å². The lowest BCUT2D eigenvalue weighted by molar-refractivity contribution is 0.660. The van der Waals surface area contributed by atoms with Crippen LogP contribution in [0, 0.1) is 0 Å². The molecule has 3 aliphatic rings. The van der Waals surface area contributed by atoms with Crippen LogP contribution in [-0.2, 0) is 10.8 Å². The summed E-state index contributed by atoms with van der Waals surface area (Å²) in [7, 11) is 0. The molecule has 0 fully saturated rings. The van der Waals surface area contributed by atoms with Gasteiger partial charge in [-0.1, -0.05) is 511 Å². The van der Waals surface area contributed by atoms with Crippen LogP contribution in [0.25, 0.3) is 262 Å². The van der Waals surface area contributed by atoms with Crippen LogP contribution in [0.4, 0.5) is 0 Å². The predicted molar refractivity (Wildman–Crippen MR) is 624 cm³/mol. The smallest absolute Gasteiger partial charge is 0.0622 e. The Balaban J connectivity index is 0.000000104. The van der Waals surface area contributed by atoms with Gasteiger partial charge in [0, 0.05) is 5.41 Å². The molecule has 1 spiro atoms. The van der Waals surface area contributed by atoms with E-state index in [9.17, 15) is 0 Å². The summed E-state index contributed by atoms with van der Waals surface area (Å²) in [5.41, 5.74) is 36.2. The Bertz CT molecular complexity index is 10100. The third-order valence-electron chi connectivity index (χ3n) is 32.5. The number of hydrogen-bond acceptors (Lipinski definition) is 0. The highest BCUT2D eigenvalue weighted by molar-refractivity contribution is 6.28. The minimum Gasteiger partial charge on any atom is -0.0622 e. The number of hydrogen-bond donors (Lipinski definition) is 0. The van der Waals surface area contributed by atoms with E-state index in [-0.39, 0.29) is 10.8 Å². The van der Waals surface area contributed by atoms with E-state index in [1.807, 2.05) is 0 Å². The van der Waals surface area contributed by atoms with E-state index in [4.69, 9.17) is 0 Å². The Labute approximate surface area is 848 Å². The first-order valence-corrected chi connectivity index (χ1v) is 51.2. The van der Waals surface area contributed by atoms with Gasteiger partial charge in [0.25, 0.3) is 0 Å². The monoisotopic (exact) mass is 1850 g/mol. The first-order valence-electron chi connectivity index (χ1n) is 51.2. The van der Waals surface area contributed by atoms with Crippen LogP contribution in [0.5, 0.6) is 0 Å². The van der Waals surface area contributed by atoms with Crippen LogP contribution in [0.1, 0.15) is 47.2 Å². The van der Waals surface area contributed by atoms with Crippen molar-refractivity contribution in [3.63, 3.8) is 0 Å². The molecule has 0 saturated heterocycles. The van der Waals surface area contributed by atoms with Crippen LogP contribution in [0.3, 0.4) is 0 Å². The first-order chi connectivity index (χ1) is 72.2. The van der Waals surface area contributed by atoms with Crippen molar-refractivity contribution < 1.29 is 0 Å². The maximum atomic E-state index is 2.53. The van der Waals surface area contributed by atoms with Gasteiger partial charge in [-0.2, -0.15) is 0 Å². The predicted octanol–water partition coefficient (Wildman–Crippen LogP) is 40.0. The zero-order valence-corrected chi connectivity index (χ0v) is 80.8. The van der Waals surface area contributed by atoms with Crippen LogP contribution in [-0.4, -0.2) is 0 Å². The van der Waals surface area contributed by atoms with Gasteiger partial charge >= 0.3 is 0 Å². The molecule has 0 nitrogen and oxygen atoms in total. The highest BCUT2D eigenvalue weighted by Gasteiger charge is 2.52. The Morgan fingerprint density at radius 1 is 0.110 bits per heavy atom. The van der Waals surface area contributed by atoms with Gasteiger partial charge < -0.3 is 0 Å². The van der Waals surface area contributed by atoms with Crippen molar-refractivity contribution in [1.29, 1.82) is 0 Å². The Hall–Kier alpha value is -18.5. The van der Waals surface area contributed by atoms with E-state index in [1.165, 1.54) is 296 Å². The zero-order valence-electron chi connectivity index (χ0n) is 80.8. The van der Waals surface area contributed by atoms with Crippen LogP contribution < -0.4 is 0 Å². The van der Waals surface area contributed by atoms with Gasteiger partial charge in [0.15, 0.2) is 0 Å².